The number of halogens is 2. The summed E-state index contributed by atoms with van der Waals surface area (Å²) < 4.78 is 11.8. The number of ether oxygens (including phenoxy) is 1. The molecule has 0 aliphatic carbocycles. The first kappa shape index (κ1) is 14.9. The Labute approximate surface area is 129 Å². The lowest BCUT2D eigenvalue weighted by atomic mass is 10.2. The summed E-state index contributed by atoms with van der Waals surface area (Å²) in [6, 6.07) is 7.02. The molecule has 106 valence electrons. The van der Waals surface area contributed by atoms with E-state index in [0.717, 1.165) is 4.47 Å². The zero-order chi connectivity index (χ0) is 14.7. The number of nitrogen functional groups attached to an aromatic ring is 1. The van der Waals surface area contributed by atoms with Gasteiger partial charge in [0, 0.05) is 10.0 Å². The molecule has 3 N–H and O–H groups in total. The van der Waals surface area contributed by atoms with Gasteiger partial charge in [-0.15, -0.1) is 0 Å². The van der Waals surface area contributed by atoms with Crippen molar-refractivity contribution in [3.05, 3.63) is 50.8 Å². The smallest absolute Gasteiger partial charge is 0.301 e. The van der Waals surface area contributed by atoms with Gasteiger partial charge in [0.25, 0.3) is 0 Å². The maximum absolute atomic E-state index is 11.4. The van der Waals surface area contributed by atoms with Gasteiger partial charge in [-0.2, -0.15) is 0 Å². The van der Waals surface area contributed by atoms with Gasteiger partial charge < -0.3 is 9.15 Å². The van der Waals surface area contributed by atoms with Crippen molar-refractivity contribution in [1.82, 2.24) is 5.43 Å². The fraction of sp³-hybridized carbons (Fsp3) is 0.154. The van der Waals surface area contributed by atoms with Crippen LogP contribution in [-0.4, -0.2) is 5.91 Å². The topological polar surface area (TPSA) is 77.5 Å². The first-order chi connectivity index (χ1) is 9.51. The van der Waals surface area contributed by atoms with Gasteiger partial charge in [0.15, 0.2) is 5.76 Å². The van der Waals surface area contributed by atoms with Crippen LogP contribution in [0.25, 0.3) is 0 Å². The van der Waals surface area contributed by atoms with Crippen molar-refractivity contribution in [3.63, 3.8) is 0 Å². The summed E-state index contributed by atoms with van der Waals surface area (Å²) in [7, 11) is 0. The van der Waals surface area contributed by atoms with E-state index in [0.29, 0.717) is 22.1 Å². The SMILES string of the molecule is Cc1cc(COc2ccc(Br)cc2Cl)oc1C(=O)NN. The average Bonchev–Trinajstić information content (AvgIpc) is 2.78. The van der Waals surface area contributed by atoms with Gasteiger partial charge in [0.05, 0.1) is 5.02 Å². The number of amides is 1. The molecule has 20 heavy (non-hydrogen) atoms. The Hall–Kier alpha value is -1.50. The number of carbonyl (C=O) groups excluding carboxylic acids is 1. The van der Waals surface area contributed by atoms with Gasteiger partial charge in [0.2, 0.25) is 0 Å². The summed E-state index contributed by atoms with van der Waals surface area (Å²) in [5.74, 6) is 5.82. The van der Waals surface area contributed by atoms with Crippen molar-refractivity contribution in [2.75, 3.05) is 0 Å². The molecule has 0 aliphatic heterocycles. The third-order valence-corrected chi connectivity index (χ3v) is 3.36. The third kappa shape index (κ3) is 3.33. The highest BCUT2D eigenvalue weighted by Crippen LogP contribution is 2.28. The van der Waals surface area contributed by atoms with Crippen LogP contribution >= 0.6 is 27.5 Å². The molecule has 5 nitrogen and oxygen atoms in total. The first-order valence-corrected chi connectivity index (χ1v) is 6.86. The molecule has 0 bridgehead atoms. The van der Waals surface area contributed by atoms with Crippen LogP contribution in [0.5, 0.6) is 5.75 Å². The Morgan fingerprint density at radius 3 is 2.90 bits per heavy atom. The number of aryl methyl sites for hydroxylation is 1. The predicted octanol–water partition coefficient (Wildman–Crippen LogP) is 3.19. The molecular formula is C13H12BrClN2O3. The number of hydrogen-bond donors (Lipinski definition) is 2. The van der Waals surface area contributed by atoms with Crippen LogP contribution in [0.1, 0.15) is 21.9 Å². The molecule has 1 amide bonds. The monoisotopic (exact) mass is 358 g/mol. The highest BCUT2D eigenvalue weighted by Gasteiger charge is 2.15. The summed E-state index contributed by atoms with van der Waals surface area (Å²) in [4.78, 5) is 11.4. The summed E-state index contributed by atoms with van der Waals surface area (Å²) >= 11 is 9.35. The molecule has 0 fully saturated rings. The van der Waals surface area contributed by atoms with E-state index < -0.39 is 5.91 Å². The highest BCUT2D eigenvalue weighted by atomic mass is 79.9. The summed E-state index contributed by atoms with van der Waals surface area (Å²) in [5, 5.41) is 0.488. The molecule has 7 heteroatoms. The van der Waals surface area contributed by atoms with Crippen LogP contribution in [0.15, 0.2) is 33.2 Å². The lowest BCUT2D eigenvalue weighted by Gasteiger charge is -2.06. The third-order valence-electron chi connectivity index (χ3n) is 2.57. The quantitative estimate of drug-likeness (QED) is 0.499. The highest BCUT2D eigenvalue weighted by molar-refractivity contribution is 9.10. The van der Waals surface area contributed by atoms with E-state index in [-0.39, 0.29) is 12.4 Å². The molecule has 0 aliphatic rings. The number of carbonyl (C=O) groups is 1. The molecule has 0 radical (unpaired) electrons. The van der Waals surface area contributed by atoms with Crippen molar-refractivity contribution in [2.24, 2.45) is 5.84 Å². The zero-order valence-electron chi connectivity index (χ0n) is 10.6. The molecule has 0 unspecified atom stereocenters. The van der Waals surface area contributed by atoms with E-state index in [1.165, 1.54) is 0 Å². The molecule has 1 heterocycles. The van der Waals surface area contributed by atoms with E-state index in [1.54, 1.807) is 25.1 Å². The number of hydrogen-bond acceptors (Lipinski definition) is 4. The van der Waals surface area contributed by atoms with Gasteiger partial charge in [-0.3, -0.25) is 10.2 Å². The normalized spacial score (nSPS) is 10.4. The number of furan rings is 1. The van der Waals surface area contributed by atoms with Gasteiger partial charge in [0.1, 0.15) is 18.1 Å². The second-order valence-corrected chi connectivity index (χ2v) is 5.38. The molecule has 0 spiro atoms. The number of nitrogens with two attached hydrogens (primary N) is 1. The zero-order valence-corrected chi connectivity index (χ0v) is 12.9. The van der Waals surface area contributed by atoms with Crippen molar-refractivity contribution < 1.29 is 13.9 Å². The molecule has 0 saturated heterocycles. The number of benzene rings is 1. The molecule has 0 atom stereocenters. The number of hydrazine groups is 1. The fourth-order valence-corrected chi connectivity index (χ4v) is 2.38. The van der Waals surface area contributed by atoms with Crippen LogP contribution in [-0.2, 0) is 6.61 Å². The number of rotatable bonds is 4. The summed E-state index contributed by atoms with van der Waals surface area (Å²) in [5.41, 5.74) is 2.71. The minimum Gasteiger partial charge on any atom is -0.484 e. The van der Waals surface area contributed by atoms with E-state index in [9.17, 15) is 4.79 Å². The Morgan fingerprint density at radius 1 is 1.50 bits per heavy atom. The maximum Gasteiger partial charge on any atom is 0.301 e. The standard InChI is InChI=1S/C13H12BrClN2O3/c1-7-4-9(20-12(7)13(18)17-16)6-19-11-3-2-8(14)5-10(11)15/h2-5H,6,16H2,1H3,(H,17,18). The molecule has 1 aromatic carbocycles. The largest absolute Gasteiger partial charge is 0.484 e. The van der Waals surface area contributed by atoms with Crippen LogP contribution < -0.4 is 16.0 Å². The molecule has 2 rings (SSSR count). The average molecular weight is 360 g/mol. The van der Waals surface area contributed by atoms with E-state index in [2.05, 4.69) is 15.9 Å². The van der Waals surface area contributed by atoms with Crippen LogP contribution in [0, 0.1) is 6.92 Å². The van der Waals surface area contributed by atoms with Gasteiger partial charge in [-0.25, -0.2) is 5.84 Å². The lowest BCUT2D eigenvalue weighted by Crippen LogP contribution is -2.30. The van der Waals surface area contributed by atoms with Crippen LogP contribution in [0.2, 0.25) is 5.02 Å². The maximum atomic E-state index is 11.4. The van der Waals surface area contributed by atoms with Crippen molar-refractivity contribution in [2.45, 2.75) is 13.5 Å². The number of nitrogens with one attached hydrogen (secondary N) is 1. The van der Waals surface area contributed by atoms with Crippen molar-refractivity contribution >= 4 is 33.4 Å². The summed E-state index contributed by atoms with van der Waals surface area (Å²) in [6.45, 7) is 1.92. The van der Waals surface area contributed by atoms with E-state index >= 15 is 0 Å². The van der Waals surface area contributed by atoms with Crippen LogP contribution in [0.3, 0.4) is 0 Å². The summed E-state index contributed by atoms with van der Waals surface area (Å²) in [6.07, 6.45) is 0. The Kier molecular flexibility index (Phi) is 4.69. The van der Waals surface area contributed by atoms with E-state index in [4.69, 9.17) is 26.6 Å². The molecule has 1 aromatic heterocycles. The van der Waals surface area contributed by atoms with Crippen molar-refractivity contribution in [1.29, 1.82) is 0 Å². The van der Waals surface area contributed by atoms with E-state index in [1.807, 2.05) is 11.5 Å². The minimum absolute atomic E-state index is 0.167. The van der Waals surface area contributed by atoms with Gasteiger partial charge in [-0.1, -0.05) is 27.5 Å². The predicted molar refractivity (Wildman–Crippen MR) is 78.6 cm³/mol. The molecular weight excluding hydrogens is 348 g/mol. The Morgan fingerprint density at radius 2 is 2.25 bits per heavy atom. The van der Waals surface area contributed by atoms with Gasteiger partial charge in [-0.05, 0) is 31.2 Å². The molecule has 2 aromatic rings. The van der Waals surface area contributed by atoms with Gasteiger partial charge >= 0.3 is 5.91 Å². The Balaban J connectivity index is 2.09. The van der Waals surface area contributed by atoms with Crippen LogP contribution in [0.4, 0.5) is 0 Å². The second kappa shape index (κ2) is 6.30. The second-order valence-electron chi connectivity index (χ2n) is 4.06. The van der Waals surface area contributed by atoms with Crippen molar-refractivity contribution in [3.8, 4) is 5.75 Å². The Bertz CT molecular complexity index is 643. The minimum atomic E-state index is -0.476. The molecule has 0 saturated carbocycles. The first-order valence-electron chi connectivity index (χ1n) is 5.69. The fourth-order valence-electron chi connectivity index (χ4n) is 1.65. The lowest BCUT2D eigenvalue weighted by molar-refractivity contribution is 0.0921.